The Morgan fingerprint density at radius 2 is 2.11 bits per heavy atom. The van der Waals surface area contributed by atoms with Gasteiger partial charge in [0.2, 0.25) is 21.1 Å². The van der Waals surface area contributed by atoms with Crippen LogP contribution in [0.25, 0.3) is 0 Å². The van der Waals surface area contributed by atoms with Crippen LogP contribution in [0.3, 0.4) is 0 Å². The van der Waals surface area contributed by atoms with Crippen LogP contribution < -0.4 is 10.0 Å². The smallest absolute Gasteiger partial charge is 0.352 e. The van der Waals surface area contributed by atoms with E-state index >= 15 is 0 Å². The van der Waals surface area contributed by atoms with Gasteiger partial charge in [-0.15, -0.1) is 28.6 Å². The van der Waals surface area contributed by atoms with Crippen molar-refractivity contribution in [2.24, 2.45) is 7.05 Å². The molecule has 0 saturated carbocycles. The highest BCUT2D eigenvalue weighted by molar-refractivity contribution is 8.02. The Labute approximate surface area is 215 Å². The Balaban J connectivity index is 1.34. The van der Waals surface area contributed by atoms with E-state index in [4.69, 9.17) is 0 Å². The molecule has 14 nitrogen and oxygen atoms in total. The summed E-state index contributed by atoms with van der Waals surface area (Å²) < 4.78 is 26.9. The number of nitrogens with zero attached hydrogens (tertiary/aromatic N) is 6. The lowest BCUT2D eigenvalue weighted by Gasteiger charge is -2.49. The first kappa shape index (κ1) is 25.7. The molecule has 19 heteroatoms. The van der Waals surface area contributed by atoms with Gasteiger partial charge in [-0.25, -0.2) is 22.9 Å². The molecule has 2 aromatic heterocycles. The summed E-state index contributed by atoms with van der Waals surface area (Å²) in [5.74, 6) is -1.43. The van der Waals surface area contributed by atoms with E-state index in [9.17, 15) is 27.9 Å². The quantitative estimate of drug-likeness (QED) is 0.245. The number of carbonyl (C=O) groups is 3. The lowest BCUT2D eigenvalue weighted by Crippen LogP contribution is -2.70. The number of amides is 2. The highest BCUT2D eigenvalue weighted by Gasteiger charge is 2.54. The monoisotopic (exact) mass is 578 g/mol. The van der Waals surface area contributed by atoms with E-state index in [1.165, 1.54) is 39.3 Å². The summed E-state index contributed by atoms with van der Waals surface area (Å²) in [5.41, 5.74) is 0.501. The minimum absolute atomic E-state index is 0.0169. The largest absolute Gasteiger partial charge is 0.477 e. The highest BCUT2D eigenvalue weighted by atomic mass is 32.2. The van der Waals surface area contributed by atoms with Gasteiger partial charge in [0.1, 0.15) is 17.1 Å². The summed E-state index contributed by atoms with van der Waals surface area (Å²) in [6, 6.07) is -0.830. The molecule has 1 saturated heterocycles. The molecule has 1 unspecified atom stereocenters. The van der Waals surface area contributed by atoms with Crippen LogP contribution >= 0.6 is 46.6 Å². The van der Waals surface area contributed by atoms with Crippen molar-refractivity contribution in [3.8, 4) is 0 Å². The van der Waals surface area contributed by atoms with Gasteiger partial charge in [0.15, 0.2) is 5.13 Å². The Hall–Kier alpha value is -2.35. The number of aryl methyl sites for hydroxylation is 1. The third-order valence-corrected chi connectivity index (χ3v) is 9.86. The number of carboxylic acid groups (broad SMARTS) is 1. The predicted octanol–water partition coefficient (Wildman–Crippen LogP) is -0.339. The first-order valence-electron chi connectivity index (χ1n) is 9.64. The maximum absolute atomic E-state index is 12.8. The average molecular weight is 579 g/mol. The molecule has 0 bridgehead atoms. The minimum atomic E-state index is -3.45. The van der Waals surface area contributed by atoms with Crippen molar-refractivity contribution in [2.45, 2.75) is 20.8 Å². The topological polar surface area (TPSA) is 189 Å². The normalized spacial score (nSPS) is 19.8. The third kappa shape index (κ3) is 5.90. The molecule has 0 radical (unpaired) electrons. The number of aliphatic carboxylic acids is 1. The van der Waals surface area contributed by atoms with Crippen molar-refractivity contribution >= 4 is 79.6 Å². The fourth-order valence-corrected chi connectivity index (χ4v) is 8.03. The van der Waals surface area contributed by atoms with Crippen LogP contribution in [0.1, 0.15) is 0 Å². The van der Waals surface area contributed by atoms with Gasteiger partial charge in [0.25, 0.3) is 5.91 Å². The Morgan fingerprint density at radius 3 is 2.77 bits per heavy atom. The number of thiazole rings is 1. The number of nitrogens with one attached hydrogen (secondary N) is 2. The average Bonchev–Trinajstić information content (AvgIpc) is 3.40. The summed E-state index contributed by atoms with van der Waals surface area (Å²) in [6.45, 7) is 0. The van der Waals surface area contributed by atoms with E-state index < -0.39 is 39.2 Å². The van der Waals surface area contributed by atoms with Crippen LogP contribution in [0, 0.1) is 0 Å². The van der Waals surface area contributed by atoms with Gasteiger partial charge in [-0.3, -0.25) is 19.2 Å². The first-order valence-corrected chi connectivity index (χ1v) is 15.4. The second-order valence-corrected chi connectivity index (χ2v) is 13.3. The van der Waals surface area contributed by atoms with E-state index in [0.717, 1.165) is 29.4 Å². The molecule has 2 aliphatic rings. The number of carboxylic acids is 1. The molecule has 0 aromatic carbocycles. The number of carbonyl (C=O) groups excluding carboxylic acids is 2. The zero-order chi connectivity index (χ0) is 25.3. The number of hydrogen-bond acceptors (Lipinski definition) is 13. The summed E-state index contributed by atoms with van der Waals surface area (Å²) in [5, 5.41) is 23.8. The van der Waals surface area contributed by atoms with Crippen molar-refractivity contribution in [3.63, 3.8) is 0 Å². The Bertz CT molecular complexity index is 1310. The van der Waals surface area contributed by atoms with E-state index in [1.807, 2.05) is 0 Å². The first-order chi connectivity index (χ1) is 16.5. The molecule has 4 rings (SSSR count). The fraction of sp³-hybridized carbons (Fsp3) is 0.438. The Morgan fingerprint density at radius 1 is 1.34 bits per heavy atom. The SMILES string of the molecule is Cn1nnnc1SCC1=C(C(=O)O)N2C(=O)C(NC(=O)CSc3cnc(NS(C)(=O)=O)s3)[C@H]2SC1. The van der Waals surface area contributed by atoms with Gasteiger partial charge in [-0.1, -0.05) is 23.1 Å². The summed E-state index contributed by atoms with van der Waals surface area (Å²) in [7, 11) is -1.78. The van der Waals surface area contributed by atoms with Crippen molar-refractivity contribution in [1.82, 2.24) is 35.4 Å². The number of hydrogen-bond donors (Lipinski definition) is 3. The van der Waals surface area contributed by atoms with Crippen molar-refractivity contribution in [1.29, 1.82) is 0 Å². The number of anilines is 1. The standard InChI is InChI=1S/C16H18N8O6S5/c1-23-16(19-21-22-23)33-5-7-4-32-13-10(12(26)24(13)11(7)14(27)28)18-8(25)6-31-9-3-17-15(34-9)20-35(2,29)30/h3,10,13H,4-6H2,1-2H3,(H,17,20)(H,18,25)(H,27,28)/t10?,13-/m1/s1. The molecule has 2 aliphatic heterocycles. The molecular weight excluding hydrogens is 561 g/mol. The molecule has 0 spiro atoms. The molecule has 2 amide bonds. The molecule has 35 heavy (non-hydrogen) atoms. The second kappa shape index (κ2) is 10.3. The van der Waals surface area contributed by atoms with Gasteiger partial charge in [-0.05, 0) is 16.0 Å². The molecule has 4 heterocycles. The van der Waals surface area contributed by atoms with Crippen molar-refractivity contribution < 1.29 is 27.9 Å². The van der Waals surface area contributed by atoms with Crippen LogP contribution in [0.2, 0.25) is 0 Å². The number of sulfonamides is 1. The van der Waals surface area contributed by atoms with Crippen molar-refractivity contribution in [2.75, 3.05) is 28.2 Å². The second-order valence-electron chi connectivity index (χ2n) is 7.23. The van der Waals surface area contributed by atoms with E-state index in [2.05, 4.69) is 30.5 Å². The molecule has 2 atom stereocenters. The molecule has 0 aliphatic carbocycles. The number of aromatic nitrogens is 5. The predicted molar refractivity (Wildman–Crippen MR) is 131 cm³/mol. The van der Waals surface area contributed by atoms with Crippen LogP contribution in [-0.4, -0.2) is 96.3 Å². The maximum atomic E-state index is 12.8. The summed E-state index contributed by atoms with van der Waals surface area (Å²) in [6.07, 6.45) is 2.46. The van der Waals surface area contributed by atoms with Gasteiger partial charge in [-0.2, -0.15) is 0 Å². The van der Waals surface area contributed by atoms with Gasteiger partial charge in [0, 0.05) is 18.6 Å². The molecule has 2 aromatic rings. The third-order valence-electron chi connectivity index (χ3n) is 4.63. The van der Waals surface area contributed by atoms with Gasteiger partial charge < -0.3 is 10.4 Å². The molecular formula is C16H18N8O6S5. The van der Waals surface area contributed by atoms with Crippen LogP contribution in [0.5, 0.6) is 0 Å². The fourth-order valence-electron chi connectivity index (χ4n) is 3.17. The highest BCUT2D eigenvalue weighted by Crippen LogP contribution is 2.41. The lowest BCUT2D eigenvalue weighted by atomic mass is 10.0. The zero-order valence-electron chi connectivity index (χ0n) is 18.1. The maximum Gasteiger partial charge on any atom is 0.352 e. The number of tetrazole rings is 1. The summed E-state index contributed by atoms with van der Waals surface area (Å²) >= 11 is 4.88. The number of thioether (sulfide) groups is 3. The van der Waals surface area contributed by atoms with E-state index in [-0.39, 0.29) is 16.6 Å². The summed E-state index contributed by atoms with van der Waals surface area (Å²) in [4.78, 5) is 42.3. The van der Waals surface area contributed by atoms with Crippen LogP contribution in [-0.2, 0) is 31.5 Å². The minimum Gasteiger partial charge on any atom is -0.477 e. The van der Waals surface area contributed by atoms with Gasteiger partial charge >= 0.3 is 5.97 Å². The van der Waals surface area contributed by atoms with Crippen LogP contribution in [0.4, 0.5) is 5.13 Å². The lowest BCUT2D eigenvalue weighted by molar-refractivity contribution is -0.150. The number of fused-ring (bicyclic) bond motifs is 1. The van der Waals surface area contributed by atoms with E-state index in [0.29, 0.717) is 26.4 Å². The van der Waals surface area contributed by atoms with E-state index in [1.54, 1.807) is 7.05 Å². The molecule has 3 N–H and O–H groups in total. The Kier molecular flexibility index (Phi) is 7.60. The number of rotatable bonds is 10. The molecule has 1 fully saturated rings. The van der Waals surface area contributed by atoms with Gasteiger partial charge in [0.05, 0.1) is 22.4 Å². The van der Waals surface area contributed by atoms with Crippen molar-refractivity contribution in [3.05, 3.63) is 17.5 Å². The van der Waals surface area contributed by atoms with Crippen LogP contribution in [0.15, 0.2) is 26.8 Å². The molecule has 188 valence electrons. The number of β-lactam (4-membered cyclic amide) rings is 1. The zero-order valence-corrected chi connectivity index (χ0v) is 22.1.